The van der Waals surface area contributed by atoms with E-state index in [1.165, 1.54) is 43.5 Å². The molecule has 2 atom stereocenters. The van der Waals surface area contributed by atoms with Crippen molar-refractivity contribution < 1.29 is 0 Å². The molecule has 3 heteroatoms. The maximum Gasteiger partial charge on any atom is 0.0624 e. The van der Waals surface area contributed by atoms with Crippen molar-refractivity contribution in [1.82, 2.24) is 15.1 Å². The Kier molecular flexibility index (Phi) is 4.21. The zero-order chi connectivity index (χ0) is 12.3. The summed E-state index contributed by atoms with van der Waals surface area (Å²) in [7, 11) is 4.17. The summed E-state index contributed by atoms with van der Waals surface area (Å²) < 4.78 is 2.07. The van der Waals surface area contributed by atoms with Gasteiger partial charge in [0.1, 0.15) is 0 Å². The molecule has 3 nitrogen and oxygen atoms in total. The zero-order valence-electron chi connectivity index (χ0n) is 11.4. The summed E-state index contributed by atoms with van der Waals surface area (Å²) >= 11 is 0. The second-order valence-electron chi connectivity index (χ2n) is 5.33. The Morgan fingerprint density at radius 2 is 2.29 bits per heavy atom. The first-order valence-corrected chi connectivity index (χ1v) is 6.92. The van der Waals surface area contributed by atoms with Crippen LogP contribution in [0.15, 0.2) is 6.07 Å². The summed E-state index contributed by atoms with van der Waals surface area (Å²) in [4.78, 5) is 0. The lowest BCUT2D eigenvalue weighted by molar-refractivity contribution is 0.291. The van der Waals surface area contributed by atoms with Crippen LogP contribution in [0.2, 0.25) is 0 Å². The number of hydrogen-bond acceptors (Lipinski definition) is 2. The van der Waals surface area contributed by atoms with Crippen LogP contribution in [0.4, 0.5) is 0 Å². The zero-order valence-corrected chi connectivity index (χ0v) is 11.4. The molecule has 2 rings (SSSR count). The van der Waals surface area contributed by atoms with Crippen LogP contribution in [0.3, 0.4) is 0 Å². The molecule has 0 bridgehead atoms. The van der Waals surface area contributed by atoms with Crippen LogP contribution < -0.4 is 5.32 Å². The molecule has 1 fully saturated rings. The van der Waals surface area contributed by atoms with Crippen LogP contribution in [-0.2, 0) is 19.9 Å². The van der Waals surface area contributed by atoms with Crippen LogP contribution in [0, 0.1) is 5.92 Å². The highest BCUT2D eigenvalue weighted by Gasteiger charge is 2.22. The highest BCUT2D eigenvalue weighted by Crippen LogP contribution is 2.27. The van der Waals surface area contributed by atoms with Crippen molar-refractivity contribution in [3.63, 3.8) is 0 Å². The van der Waals surface area contributed by atoms with Gasteiger partial charge in [0, 0.05) is 18.8 Å². The van der Waals surface area contributed by atoms with Crippen LogP contribution in [0.25, 0.3) is 0 Å². The Morgan fingerprint density at radius 3 is 2.94 bits per heavy atom. The second kappa shape index (κ2) is 5.67. The molecule has 0 saturated heterocycles. The summed E-state index contributed by atoms with van der Waals surface area (Å²) in [6.45, 7) is 2.17. The smallest absolute Gasteiger partial charge is 0.0624 e. The molecule has 1 N–H and O–H groups in total. The molecule has 0 spiro atoms. The predicted octanol–water partition coefficient (Wildman–Crippen LogP) is 2.30. The predicted molar refractivity (Wildman–Crippen MR) is 71.1 cm³/mol. The average Bonchev–Trinajstić information content (AvgIpc) is 2.70. The molecule has 0 aliphatic heterocycles. The topological polar surface area (TPSA) is 29.9 Å². The summed E-state index contributed by atoms with van der Waals surface area (Å²) in [6, 6.07) is 3.01. The molecule has 1 aromatic heterocycles. The molecule has 1 aromatic rings. The number of hydrogen-bond donors (Lipinski definition) is 1. The van der Waals surface area contributed by atoms with Crippen molar-refractivity contribution in [2.45, 2.75) is 51.5 Å². The Morgan fingerprint density at radius 1 is 1.47 bits per heavy atom. The third kappa shape index (κ3) is 3.09. The first kappa shape index (κ1) is 12.6. The van der Waals surface area contributed by atoms with Crippen molar-refractivity contribution in [3.05, 3.63) is 17.5 Å². The summed E-state index contributed by atoms with van der Waals surface area (Å²) in [5, 5.41) is 7.96. The largest absolute Gasteiger partial charge is 0.317 e. The fourth-order valence-electron chi connectivity index (χ4n) is 2.97. The Hall–Kier alpha value is -0.830. The number of nitrogens with zero attached hydrogens (tertiary/aromatic N) is 2. The van der Waals surface area contributed by atoms with Crippen molar-refractivity contribution in [1.29, 1.82) is 0 Å². The van der Waals surface area contributed by atoms with Gasteiger partial charge in [-0.1, -0.05) is 13.3 Å². The van der Waals surface area contributed by atoms with Gasteiger partial charge in [-0.3, -0.25) is 4.68 Å². The number of rotatable bonds is 4. The van der Waals surface area contributed by atoms with Crippen LogP contribution in [0.1, 0.15) is 44.0 Å². The van der Waals surface area contributed by atoms with Gasteiger partial charge in [-0.05, 0) is 51.1 Å². The van der Waals surface area contributed by atoms with Gasteiger partial charge in [0.2, 0.25) is 0 Å². The standard InChI is InChI=1S/C14H25N3/c1-4-12-10-14(17(3)16-12)9-11-6-5-7-13(8-11)15-2/h10-11,13,15H,4-9H2,1-3H3. The molecular formula is C14H25N3. The molecule has 1 aliphatic carbocycles. The van der Waals surface area contributed by atoms with Gasteiger partial charge in [-0.15, -0.1) is 0 Å². The lowest BCUT2D eigenvalue weighted by Crippen LogP contribution is -2.32. The Labute approximate surface area is 105 Å². The van der Waals surface area contributed by atoms with E-state index < -0.39 is 0 Å². The van der Waals surface area contributed by atoms with Gasteiger partial charge in [0.05, 0.1) is 5.69 Å². The second-order valence-corrected chi connectivity index (χ2v) is 5.33. The van der Waals surface area contributed by atoms with Gasteiger partial charge >= 0.3 is 0 Å². The SMILES string of the molecule is CCc1cc(CC2CCCC(NC)C2)n(C)n1. The minimum absolute atomic E-state index is 0.729. The van der Waals surface area contributed by atoms with Crippen molar-refractivity contribution in [3.8, 4) is 0 Å². The molecule has 0 radical (unpaired) electrons. The van der Waals surface area contributed by atoms with E-state index in [-0.39, 0.29) is 0 Å². The van der Waals surface area contributed by atoms with Gasteiger partial charge in [0.15, 0.2) is 0 Å². The van der Waals surface area contributed by atoms with Crippen LogP contribution in [0.5, 0.6) is 0 Å². The molecular weight excluding hydrogens is 210 g/mol. The summed E-state index contributed by atoms with van der Waals surface area (Å²) in [5.41, 5.74) is 2.63. The third-order valence-electron chi connectivity index (χ3n) is 4.08. The molecule has 1 saturated carbocycles. The number of nitrogens with one attached hydrogen (secondary N) is 1. The Balaban J connectivity index is 1.97. The van der Waals surface area contributed by atoms with Gasteiger partial charge in [-0.2, -0.15) is 5.10 Å². The first-order valence-electron chi connectivity index (χ1n) is 6.92. The van der Waals surface area contributed by atoms with E-state index in [4.69, 9.17) is 0 Å². The molecule has 17 heavy (non-hydrogen) atoms. The number of aromatic nitrogens is 2. The van der Waals surface area contributed by atoms with E-state index in [2.05, 4.69) is 42.2 Å². The lowest BCUT2D eigenvalue weighted by Gasteiger charge is -2.28. The molecule has 0 amide bonds. The van der Waals surface area contributed by atoms with Crippen molar-refractivity contribution in [2.75, 3.05) is 7.05 Å². The molecule has 1 heterocycles. The molecule has 1 aliphatic rings. The summed E-state index contributed by atoms with van der Waals surface area (Å²) in [6.07, 6.45) is 7.65. The quantitative estimate of drug-likeness (QED) is 0.868. The third-order valence-corrected chi connectivity index (χ3v) is 4.08. The normalized spacial score (nSPS) is 25.1. The van der Waals surface area contributed by atoms with E-state index in [1.54, 1.807) is 0 Å². The van der Waals surface area contributed by atoms with E-state index in [9.17, 15) is 0 Å². The fourth-order valence-corrected chi connectivity index (χ4v) is 2.97. The summed E-state index contributed by atoms with van der Waals surface area (Å²) in [5.74, 6) is 0.835. The van der Waals surface area contributed by atoms with E-state index in [1.807, 2.05) is 0 Å². The highest BCUT2D eigenvalue weighted by atomic mass is 15.3. The molecule has 2 unspecified atom stereocenters. The van der Waals surface area contributed by atoms with E-state index in [0.29, 0.717) is 0 Å². The average molecular weight is 235 g/mol. The van der Waals surface area contributed by atoms with Gasteiger partial charge in [0.25, 0.3) is 0 Å². The van der Waals surface area contributed by atoms with E-state index in [0.717, 1.165) is 18.4 Å². The monoisotopic (exact) mass is 235 g/mol. The number of aryl methyl sites for hydroxylation is 2. The van der Waals surface area contributed by atoms with Crippen LogP contribution in [-0.4, -0.2) is 22.9 Å². The molecule has 96 valence electrons. The highest BCUT2D eigenvalue weighted by molar-refractivity contribution is 5.11. The fraction of sp³-hybridized carbons (Fsp3) is 0.786. The Bertz CT molecular complexity index is 356. The van der Waals surface area contributed by atoms with Crippen LogP contribution >= 0.6 is 0 Å². The minimum atomic E-state index is 0.729. The van der Waals surface area contributed by atoms with Crippen molar-refractivity contribution >= 4 is 0 Å². The van der Waals surface area contributed by atoms with Crippen molar-refractivity contribution in [2.24, 2.45) is 13.0 Å². The maximum atomic E-state index is 4.53. The molecule has 0 aromatic carbocycles. The van der Waals surface area contributed by atoms with Gasteiger partial charge < -0.3 is 5.32 Å². The minimum Gasteiger partial charge on any atom is -0.317 e. The lowest BCUT2D eigenvalue weighted by atomic mass is 9.83. The maximum absolute atomic E-state index is 4.53. The first-order chi connectivity index (χ1) is 8.22. The van der Waals surface area contributed by atoms with E-state index >= 15 is 0 Å². The van der Waals surface area contributed by atoms with Gasteiger partial charge in [-0.25, -0.2) is 0 Å².